The second-order valence-electron chi connectivity index (χ2n) is 8.87. The molecule has 2 aliphatic rings. The van der Waals surface area contributed by atoms with Crippen molar-refractivity contribution < 1.29 is 19.1 Å². The minimum Gasteiger partial charge on any atom is -0.493 e. The predicted octanol–water partition coefficient (Wildman–Crippen LogP) is 4.61. The van der Waals surface area contributed by atoms with E-state index in [0.717, 1.165) is 54.3 Å². The molecule has 0 spiro atoms. The first-order chi connectivity index (χ1) is 17.1. The smallest absolute Gasteiger partial charge is 0.306 e. The Bertz CT molecular complexity index is 1040. The van der Waals surface area contributed by atoms with Crippen molar-refractivity contribution >= 4 is 35.5 Å². The molecule has 1 amide bonds. The third kappa shape index (κ3) is 7.49. The summed E-state index contributed by atoms with van der Waals surface area (Å²) in [6.45, 7) is 4.97. The Labute approximate surface area is 211 Å². The molecule has 1 unspecified atom stereocenters. The van der Waals surface area contributed by atoms with E-state index in [-0.39, 0.29) is 17.8 Å². The summed E-state index contributed by atoms with van der Waals surface area (Å²) in [6, 6.07) is 13.1. The molecule has 1 saturated heterocycles. The van der Waals surface area contributed by atoms with Gasteiger partial charge in [0.15, 0.2) is 0 Å². The molecule has 0 saturated carbocycles. The van der Waals surface area contributed by atoms with E-state index in [4.69, 9.17) is 9.47 Å². The molecule has 1 N–H and O–H groups in total. The average Bonchev–Trinajstić information content (AvgIpc) is 2.88. The molecule has 2 aromatic rings. The lowest BCUT2D eigenvalue weighted by Crippen LogP contribution is -2.27. The molecule has 1 fully saturated rings. The van der Waals surface area contributed by atoms with Gasteiger partial charge in [-0.25, -0.2) is 0 Å². The number of fused-ring (bicyclic) bond motifs is 1. The summed E-state index contributed by atoms with van der Waals surface area (Å²) in [5.74, 6) is 2.74. The van der Waals surface area contributed by atoms with E-state index in [1.807, 2.05) is 60.4 Å². The second kappa shape index (κ2) is 12.6. The summed E-state index contributed by atoms with van der Waals surface area (Å²) in [6.07, 6.45) is 4.78. The van der Waals surface area contributed by atoms with Crippen molar-refractivity contribution in [2.24, 2.45) is 11.0 Å². The predicted molar refractivity (Wildman–Crippen MR) is 141 cm³/mol. The number of esters is 1. The van der Waals surface area contributed by atoms with Gasteiger partial charge in [0.25, 0.3) is 5.91 Å². The number of benzene rings is 2. The Morgan fingerprint density at radius 3 is 2.77 bits per heavy atom. The Morgan fingerprint density at radius 2 is 2.00 bits per heavy atom. The van der Waals surface area contributed by atoms with Gasteiger partial charge in [-0.2, -0.15) is 16.9 Å². The van der Waals surface area contributed by atoms with Crippen molar-refractivity contribution in [3.05, 3.63) is 59.2 Å². The Hall–Kier alpha value is -3.00. The number of thioether (sulfide) groups is 1. The molecule has 7 nitrogen and oxygen atoms in total. The van der Waals surface area contributed by atoms with Crippen molar-refractivity contribution in [2.75, 3.05) is 43.1 Å². The highest BCUT2D eigenvalue weighted by molar-refractivity contribution is 7.99. The number of hydrazone groups is 1. The lowest BCUT2D eigenvalue weighted by molar-refractivity contribution is -0.145. The van der Waals surface area contributed by atoms with Gasteiger partial charge in [0, 0.05) is 41.8 Å². The summed E-state index contributed by atoms with van der Waals surface area (Å²) in [4.78, 5) is 24.9. The number of carbonyl (C=O) groups is 2. The van der Waals surface area contributed by atoms with Gasteiger partial charge in [-0.15, -0.1) is 0 Å². The quantitative estimate of drug-likeness (QED) is 0.311. The molecule has 0 bridgehead atoms. The monoisotopic (exact) mass is 495 g/mol. The van der Waals surface area contributed by atoms with Gasteiger partial charge in [0.05, 0.1) is 25.8 Å². The van der Waals surface area contributed by atoms with Crippen LogP contribution in [0.2, 0.25) is 0 Å². The van der Waals surface area contributed by atoms with E-state index < -0.39 is 0 Å². The van der Waals surface area contributed by atoms with Gasteiger partial charge in [0.2, 0.25) is 0 Å². The number of amides is 1. The molecule has 0 aliphatic carbocycles. The molecule has 2 aromatic carbocycles. The molecule has 0 aromatic heterocycles. The van der Waals surface area contributed by atoms with Crippen LogP contribution in [0.3, 0.4) is 0 Å². The molecule has 4 rings (SSSR count). The van der Waals surface area contributed by atoms with Crippen LogP contribution >= 0.6 is 11.8 Å². The number of unbranched alkanes of at least 4 members (excludes halogenated alkanes) is 1. The van der Waals surface area contributed by atoms with Gasteiger partial charge < -0.3 is 14.8 Å². The fraction of sp³-hybridized carbons (Fsp3) is 0.444. The van der Waals surface area contributed by atoms with Crippen molar-refractivity contribution in [3.63, 3.8) is 0 Å². The molecule has 2 aliphatic heterocycles. The van der Waals surface area contributed by atoms with Crippen LogP contribution in [-0.4, -0.2) is 60.9 Å². The summed E-state index contributed by atoms with van der Waals surface area (Å²) in [5, 5.41) is 9.58. The van der Waals surface area contributed by atoms with Crippen LogP contribution in [0.25, 0.3) is 0 Å². The molecule has 35 heavy (non-hydrogen) atoms. The van der Waals surface area contributed by atoms with Crippen molar-refractivity contribution in [1.29, 1.82) is 0 Å². The first kappa shape index (κ1) is 25.1. The SMILES string of the molecule is CCCCOC(=O)CC1COc2ccc(NC(=O)c3ccc(/C=N/N4CCSCC4)cc3)cc2C1. The van der Waals surface area contributed by atoms with E-state index in [1.54, 1.807) is 0 Å². The van der Waals surface area contributed by atoms with Gasteiger partial charge in [-0.1, -0.05) is 25.5 Å². The zero-order chi connectivity index (χ0) is 24.5. The van der Waals surface area contributed by atoms with Gasteiger partial charge >= 0.3 is 5.97 Å². The van der Waals surface area contributed by atoms with Crippen molar-refractivity contribution in [2.45, 2.75) is 32.6 Å². The number of hydrogen-bond donors (Lipinski definition) is 1. The van der Waals surface area contributed by atoms with Gasteiger partial charge in [-0.05, 0) is 54.3 Å². The second-order valence-corrected chi connectivity index (χ2v) is 10.1. The molecule has 8 heteroatoms. The Kier molecular flexibility index (Phi) is 9.06. The number of carbonyl (C=O) groups excluding carboxylic acids is 2. The van der Waals surface area contributed by atoms with Crippen molar-refractivity contribution in [1.82, 2.24) is 5.01 Å². The maximum absolute atomic E-state index is 12.8. The summed E-state index contributed by atoms with van der Waals surface area (Å²) < 4.78 is 11.1. The van der Waals surface area contributed by atoms with Crippen LogP contribution in [0.15, 0.2) is 47.6 Å². The van der Waals surface area contributed by atoms with E-state index in [9.17, 15) is 9.59 Å². The van der Waals surface area contributed by atoms with E-state index in [0.29, 0.717) is 37.3 Å². The fourth-order valence-electron chi connectivity index (χ4n) is 4.03. The molecular weight excluding hydrogens is 462 g/mol. The van der Waals surface area contributed by atoms with E-state index in [2.05, 4.69) is 22.4 Å². The average molecular weight is 496 g/mol. The minimum absolute atomic E-state index is 0.0699. The third-order valence-corrected chi connectivity index (χ3v) is 6.99. The van der Waals surface area contributed by atoms with E-state index >= 15 is 0 Å². The number of hydrogen-bond acceptors (Lipinski definition) is 7. The highest BCUT2D eigenvalue weighted by Gasteiger charge is 2.23. The molecule has 186 valence electrons. The minimum atomic E-state index is -0.177. The number of anilines is 1. The van der Waals surface area contributed by atoms with Crippen LogP contribution in [-0.2, 0) is 16.0 Å². The van der Waals surface area contributed by atoms with Gasteiger partial charge in [0.1, 0.15) is 5.75 Å². The fourth-order valence-corrected chi connectivity index (χ4v) is 4.92. The zero-order valence-electron chi connectivity index (χ0n) is 20.2. The summed E-state index contributed by atoms with van der Waals surface area (Å²) >= 11 is 1.95. The van der Waals surface area contributed by atoms with Crippen molar-refractivity contribution in [3.8, 4) is 5.75 Å². The molecule has 1 atom stereocenters. The highest BCUT2D eigenvalue weighted by Crippen LogP contribution is 2.31. The Balaban J connectivity index is 1.31. The first-order valence-corrected chi connectivity index (χ1v) is 13.5. The van der Waals surface area contributed by atoms with Crippen LogP contribution < -0.4 is 10.1 Å². The maximum atomic E-state index is 12.8. The van der Waals surface area contributed by atoms with Crippen LogP contribution in [0.5, 0.6) is 5.75 Å². The lowest BCUT2D eigenvalue weighted by Gasteiger charge is -2.25. The topological polar surface area (TPSA) is 80.2 Å². The summed E-state index contributed by atoms with van der Waals surface area (Å²) in [5.41, 5.74) is 3.24. The molecular formula is C27H33N3O4S. The standard InChI is InChI=1S/C27H33N3O4S/c1-2-3-12-33-26(31)16-21-15-23-17-24(8-9-25(23)34-19-21)29-27(32)22-6-4-20(5-7-22)18-28-30-10-13-35-14-11-30/h4-9,17-18,21H,2-3,10-16,19H2,1H3,(H,29,32)/b28-18+. The molecule has 2 heterocycles. The zero-order valence-corrected chi connectivity index (χ0v) is 21.0. The van der Waals surface area contributed by atoms with Gasteiger partial charge in [-0.3, -0.25) is 14.6 Å². The normalized spacial score (nSPS) is 17.5. The number of nitrogens with zero attached hydrogens (tertiary/aromatic N) is 2. The lowest BCUT2D eigenvalue weighted by atomic mass is 9.93. The first-order valence-electron chi connectivity index (χ1n) is 12.3. The largest absolute Gasteiger partial charge is 0.493 e. The van der Waals surface area contributed by atoms with E-state index in [1.165, 1.54) is 0 Å². The number of rotatable bonds is 9. The third-order valence-electron chi connectivity index (χ3n) is 6.05. The van der Waals surface area contributed by atoms with Crippen LogP contribution in [0, 0.1) is 5.92 Å². The number of ether oxygens (including phenoxy) is 2. The Morgan fingerprint density at radius 1 is 1.20 bits per heavy atom. The van der Waals surface area contributed by atoms with Crippen LogP contribution in [0.4, 0.5) is 5.69 Å². The maximum Gasteiger partial charge on any atom is 0.306 e. The summed E-state index contributed by atoms with van der Waals surface area (Å²) in [7, 11) is 0. The molecule has 0 radical (unpaired) electrons. The highest BCUT2D eigenvalue weighted by atomic mass is 32.2. The van der Waals surface area contributed by atoms with Crippen LogP contribution in [0.1, 0.15) is 47.7 Å². The number of nitrogens with one attached hydrogen (secondary N) is 1.